The molecule has 98 valence electrons. The third-order valence-corrected chi connectivity index (χ3v) is 4.03. The van der Waals surface area contributed by atoms with E-state index >= 15 is 0 Å². The molecule has 0 saturated carbocycles. The van der Waals surface area contributed by atoms with Crippen molar-refractivity contribution in [1.82, 2.24) is 5.32 Å². The average Bonchev–Trinajstić information content (AvgIpc) is 2.83. The summed E-state index contributed by atoms with van der Waals surface area (Å²) < 4.78 is 5.20. The Morgan fingerprint density at radius 2 is 2.22 bits per heavy atom. The van der Waals surface area contributed by atoms with E-state index in [1.807, 2.05) is 13.0 Å². The van der Waals surface area contributed by atoms with E-state index in [0.29, 0.717) is 29.6 Å². The van der Waals surface area contributed by atoms with Crippen molar-refractivity contribution in [1.29, 1.82) is 0 Å². The van der Waals surface area contributed by atoms with E-state index in [4.69, 9.17) is 27.9 Å². The Kier molecular flexibility index (Phi) is 4.15. The van der Waals surface area contributed by atoms with Gasteiger partial charge in [-0.2, -0.15) is 0 Å². The maximum Gasteiger partial charge on any atom is 0.317 e. The van der Waals surface area contributed by atoms with Crippen LogP contribution in [0.15, 0.2) is 18.2 Å². The highest BCUT2D eigenvalue weighted by molar-refractivity contribution is 6.42. The Hall–Kier alpha value is -0.770. The van der Waals surface area contributed by atoms with E-state index in [2.05, 4.69) is 5.32 Å². The van der Waals surface area contributed by atoms with Gasteiger partial charge in [0.1, 0.15) is 5.41 Å². The lowest BCUT2D eigenvalue weighted by Crippen LogP contribution is -2.39. The van der Waals surface area contributed by atoms with Crippen LogP contribution in [0.5, 0.6) is 0 Å². The zero-order valence-corrected chi connectivity index (χ0v) is 11.6. The molecule has 1 aromatic rings. The van der Waals surface area contributed by atoms with E-state index < -0.39 is 5.41 Å². The van der Waals surface area contributed by atoms with Crippen molar-refractivity contribution in [3.63, 3.8) is 0 Å². The molecule has 1 aliphatic rings. The van der Waals surface area contributed by atoms with E-state index in [1.54, 1.807) is 12.1 Å². The first-order valence-corrected chi connectivity index (χ1v) is 6.69. The van der Waals surface area contributed by atoms with Gasteiger partial charge < -0.3 is 10.1 Å². The monoisotopic (exact) mass is 287 g/mol. The summed E-state index contributed by atoms with van der Waals surface area (Å²) in [6, 6.07) is 5.32. The van der Waals surface area contributed by atoms with Crippen LogP contribution in [-0.2, 0) is 14.9 Å². The largest absolute Gasteiger partial charge is 0.465 e. The standard InChI is InChI=1S/C13H15Cl2NO2/c1-2-18-12(17)13(5-6-16-8-13)9-3-4-10(14)11(15)7-9/h3-4,7,16H,2,5-6,8H2,1H3. The van der Waals surface area contributed by atoms with Crippen LogP contribution in [0.2, 0.25) is 10.0 Å². The van der Waals surface area contributed by atoms with Crippen LogP contribution in [0.1, 0.15) is 18.9 Å². The van der Waals surface area contributed by atoms with E-state index in [0.717, 1.165) is 12.1 Å². The Morgan fingerprint density at radius 3 is 2.78 bits per heavy atom. The summed E-state index contributed by atoms with van der Waals surface area (Å²) in [5.41, 5.74) is 0.227. The maximum atomic E-state index is 12.2. The zero-order chi connectivity index (χ0) is 13.2. The summed E-state index contributed by atoms with van der Waals surface area (Å²) in [5, 5.41) is 4.16. The third kappa shape index (κ3) is 2.35. The lowest BCUT2D eigenvalue weighted by Gasteiger charge is -2.26. The number of esters is 1. The fraction of sp³-hybridized carbons (Fsp3) is 0.462. The molecule has 1 aromatic carbocycles. The first kappa shape index (κ1) is 13.7. The van der Waals surface area contributed by atoms with Gasteiger partial charge in [0, 0.05) is 6.54 Å². The highest BCUT2D eigenvalue weighted by Crippen LogP contribution is 2.35. The summed E-state index contributed by atoms with van der Waals surface area (Å²) in [5.74, 6) is -0.201. The fourth-order valence-corrected chi connectivity index (χ4v) is 2.59. The lowest BCUT2D eigenvalue weighted by molar-refractivity contribution is -0.149. The minimum atomic E-state index is -0.635. The Balaban J connectivity index is 2.40. The number of carbonyl (C=O) groups excluding carboxylic acids is 1. The van der Waals surface area contributed by atoms with Crippen LogP contribution in [0, 0.1) is 0 Å². The van der Waals surface area contributed by atoms with Crippen LogP contribution < -0.4 is 5.32 Å². The fourth-order valence-electron chi connectivity index (χ4n) is 2.29. The summed E-state index contributed by atoms with van der Waals surface area (Å²) in [4.78, 5) is 12.2. The highest BCUT2D eigenvalue weighted by atomic mass is 35.5. The normalized spacial score (nSPS) is 23.1. The first-order valence-electron chi connectivity index (χ1n) is 5.93. The number of ether oxygens (including phenoxy) is 1. The predicted octanol–water partition coefficient (Wildman–Crippen LogP) is 2.79. The molecule has 0 bridgehead atoms. The van der Waals surface area contributed by atoms with Gasteiger partial charge in [-0.15, -0.1) is 0 Å². The molecule has 1 N–H and O–H groups in total. The molecule has 0 aliphatic carbocycles. The topological polar surface area (TPSA) is 38.3 Å². The lowest BCUT2D eigenvalue weighted by atomic mass is 9.80. The number of halogens is 2. The summed E-state index contributed by atoms with van der Waals surface area (Å²) in [7, 11) is 0. The number of hydrogen-bond acceptors (Lipinski definition) is 3. The summed E-state index contributed by atoms with van der Waals surface area (Å²) in [6.07, 6.45) is 0.712. The molecule has 0 spiro atoms. The van der Waals surface area contributed by atoms with Crippen LogP contribution in [0.4, 0.5) is 0 Å². The van der Waals surface area contributed by atoms with Gasteiger partial charge in [0.05, 0.1) is 16.7 Å². The van der Waals surface area contributed by atoms with Crippen molar-refractivity contribution in [3.05, 3.63) is 33.8 Å². The van der Waals surface area contributed by atoms with Gasteiger partial charge in [0.2, 0.25) is 0 Å². The van der Waals surface area contributed by atoms with Gasteiger partial charge in [-0.05, 0) is 37.6 Å². The molecule has 3 nitrogen and oxygen atoms in total. The number of nitrogens with one attached hydrogen (secondary N) is 1. The molecule has 5 heteroatoms. The van der Waals surface area contributed by atoms with Crippen molar-refractivity contribution in [2.75, 3.05) is 19.7 Å². The summed E-state index contributed by atoms with van der Waals surface area (Å²) in [6.45, 7) is 3.55. The van der Waals surface area contributed by atoms with Crippen molar-refractivity contribution >= 4 is 29.2 Å². The molecular formula is C13H15Cl2NO2. The van der Waals surface area contributed by atoms with Gasteiger partial charge in [-0.3, -0.25) is 4.79 Å². The number of carbonyl (C=O) groups is 1. The van der Waals surface area contributed by atoms with Crippen LogP contribution in [0.25, 0.3) is 0 Å². The van der Waals surface area contributed by atoms with Crippen molar-refractivity contribution in [3.8, 4) is 0 Å². The third-order valence-electron chi connectivity index (χ3n) is 3.29. The second kappa shape index (κ2) is 5.47. The highest BCUT2D eigenvalue weighted by Gasteiger charge is 2.44. The SMILES string of the molecule is CCOC(=O)C1(c2ccc(Cl)c(Cl)c2)CCNC1. The second-order valence-electron chi connectivity index (χ2n) is 4.36. The molecular weight excluding hydrogens is 273 g/mol. The minimum Gasteiger partial charge on any atom is -0.465 e. The minimum absolute atomic E-state index is 0.201. The number of hydrogen-bond donors (Lipinski definition) is 1. The molecule has 1 fully saturated rings. The molecule has 1 atom stereocenters. The van der Waals surface area contributed by atoms with Crippen molar-refractivity contribution in [2.24, 2.45) is 0 Å². The molecule has 0 amide bonds. The quantitative estimate of drug-likeness (QED) is 0.869. The maximum absolute atomic E-state index is 12.2. The smallest absolute Gasteiger partial charge is 0.317 e. The molecule has 1 saturated heterocycles. The molecule has 18 heavy (non-hydrogen) atoms. The van der Waals surface area contributed by atoms with E-state index in [9.17, 15) is 4.79 Å². The van der Waals surface area contributed by atoms with E-state index in [1.165, 1.54) is 0 Å². The summed E-state index contributed by atoms with van der Waals surface area (Å²) >= 11 is 11.9. The molecule has 1 aliphatic heterocycles. The van der Waals surface area contributed by atoms with E-state index in [-0.39, 0.29) is 5.97 Å². The Morgan fingerprint density at radius 1 is 1.44 bits per heavy atom. The molecule has 0 radical (unpaired) electrons. The van der Waals surface area contributed by atoms with Crippen LogP contribution in [-0.4, -0.2) is 25.7 Å². The molecule has 0 aromatic heterocycles. The predicted molar refractivity (Wildman–Crippen MR) is 72.3 cm³/mol. The molecule has 2 rings (SSSR count). The number of rotatable bonds is 3. The Labute approximate surface area is 116 Å². The average molecular weight is 288 g/mol. The van der Waals surface area contributed by atoms with Crippen LogP contribution in [0.3, 0.4) is 0 Å². The molecule has 1 unspecified atom stereocenters. The molecule has 1 heterocycles. The van der Waals surface area contributed by atoms with Gasteiger partial charge in [-0.1, -0.05) is 29.3 Å². The van der Waals surface area contributed by atoms with Crippen molar-refractivity contribution < 1.29 is 9.53 Å². The van der Waals surface area contributed by atoms with Crippen LogP contribution >= 0.6 is 23.2 Å². The van der Waals surface area contributed by atoms with Gasteiger partial charge in [0.25, 0.3) is 0 Å². The van der Waals surface area contributed by atoms with Gasteiger partial charge >= 0.3 is 5.97 Å². The van der Waals surface area contributed by atoms with Gasteiger partial charge in [0.15, 0.2) is 0 Å². The number of benzene rings is 1. The van der Waals surface area contributed by atoms with Gasteiger partial charge in [-0.25, -0.2) is 0 Å². The first-order chi connectivity index (χ1) is 8.60. The zero-order valence-electron chi connectivity index (χ0n) is 10.1. The second-order valence-corrected chi connectivity index (χ2v) is 5.17. The van der Waals surface area contributed by atoms with Crippen molar-refractivity contribution in [2.45, 2.75) is 18.8 Å². The Bertz CT molecular complexity index is 456.